The molecule has 10 heteroatoms. The van der Waals surface area contributed by atoms with Crippen LogP contribution in [-0.4, -0.2) is 64.6 Å². The van der Waals surface area contributed by atoms with E-state index in [1.54, 1.807) is 23.3 Å². The van der Waals surface area contributed by atoms with E-state index in [1.165, 1.54) is 0 Å². The van der Waals surface area contributed by atoms with Crippen molar-refractivity contribution in [3.05, 3.63) is 54.0 Å². The van der Waals surface area contributed by atoms with Gasteiger partial charge in [-0.25, -0.2) is 15.0 Å². The summed E-state index contributed by atoms with van der Waals surface area (Å²) in [6.07, 6.45) is 8.21. The number of aromatic nitrogens is 4. The molecule has 37 heavy (non-hydrogen) atoms. The summed E-state index contributed by atoms with van der Waals surface area (Å²) in [7, 11) is 1.86. The number of nitrogens with one attached hydrogen (secondary N) is 2. The minimum atomic E-state index is 0.345. The van der Waals surface area contributed by atoms with Crippen LogP contribution in [0.4, 0.5) is 11.6 Å². The van der Waals surface area contributed by atoms with E-state index in [0.29, 0.717) is 55.4 Å². The van der Waals surface area contributed by atoms with Crippen molar-refractivity contribution in [2.24, 2.45) is 23.0 Å². The summed E-state index contributed by atoms with van der Waals surface area (Å²) in [5, 5.41) is 10.9. The van der Waals surface area contributed by atoms with Crippen LogP contribution in [0, 0.1) is 5.92 Å². The second-order valence-electron chi connectivity index (χ2n) is 8.90. The average Bonchev–Trinajstić information content (AvgIpc) is 3.34. The number of benzene rings is 1. The van der Waals surface area contributed by atoms with Crippen LogP contribution in [0.2, 0.25) is 0 Å². The molecule has 10 nitrogen and oxygen atoms in total. The first-order valence-corrected chi connectivity index (χ1v) is 12.8. The standard InChI is InChI=1S/C27H39N9O/c1-5-10-29-14-20(3)19-37-12-11-31-26(30-6-2)22-9-7-8-21(13-22)15-33-27-25(28)32-17-24(35-27)23-16-34-36(4)18-23/h7-9,11,13,16-18,20,29H,5-6,10,12,14-15,19H2,1-4H3,(H2,28,32)(H,33,35)/b30-26-,31-11-. The molecule has 0 aliphatic rings. The summed E-state index contributed by atoms with van der Waals surface area (Å²) in [5.74, 6) is 2.01. The molecule has 0 aliphatic heterocycles. The summed E-state index contributed by atoms with van der Waals surface area (Å²) in [5.41, 5.74) is 9.65. The number of anilines is 2. The molecule has 3 rings (SSSR count). The van der Waals surface area contributed by atoms with Gasteiger partial charge in [-0.15, -0.1) is 0 Å². The van der Waals surface area contributed by atoms with E-state index in [4.69, 9.17) is 10.5 Å². The Morgan fingerprint density at radius 2 is 2.14 bits per heavy atom. The van der Waals surface area contributed by atoms with E-state index in [2.05, 4.69) is 55.6 Å². The second-order valence-corrected chi connectivity index (χ2v) is 8.90. The summed E-state index contributed by atoms with van der Waals surface area (Å²) >= 11 is 0. The topological polar surface area (TPSA) is 128 Å². The molecule has 0 bridgehead atoms. The van der Waals surface area contributed by atoms with Crippen molar-refractivity contribution in [1.82, 2.24) is 25.1 Å². The zero-order chi connectivity index (χ0) is 26.5. The number of amidine groups is 1. The van der Waals surface area contributed by atoms with Gasteiger partial charge in [0, 0.05) is 43.7 Å². The molecule has 1 atom stereocenters. The van der Waals surface area contributed by atoms with Crippen molar-refractivity contribution in [1.29, 1.82) is 0 Å². The van der Waals surface area contributed by atoms with Gasteiger partial charge in [0.1, 0.15) is 0 Å². The highest BCUT2D eigenvalue weighted by atomic mass is 16.5. The predicted octanol–water partition coefficient (Wildman–Crippen LogP) is 3.56. The molecule has 0 radical (unpaired) electrons. The predicted molar refractivity (Wildman–Crippen MR) is 151 cm³/mol. The van der Waals surface area contributed by atoms with Crippen LogP contribution < -0.4 is 16.4 Å². The lowest BCUT2D eigenvalue weighted by Crippen LogP contribution is -2.24. The Morgan fingerprint density at radius 3 is 2.89 bits per heavy atom. The maximum atomic E-state index is 6.07. The van der Waals surface area contributed by atoms with Crippen molar-refractivity contribution in [3.63, 3.8) is 0 Å². The second kappa shape index (κ2) is 14.8. The van der Waals surface area contributed by atoms with Crippen molar-refractivity contribution in [2.75, 3.05) is 43.9 Å². The molecule has 0 saturated carbocycles. The molecular weight excluding hydrogens is 466 g/mol. The molecule has 4 N–H and O–H groups in total. The van der Waals surface area contributed by atoms with E-state index < -0.39 is 0 Å². The molecule has 2 aromatic heterocycles. The molecule has 0 aliphatic carbocycles. The highest BCUT2D eigenvalue weighted by Crippen LogP contribution is 2.21. The number of ether oxygens (including phenoxy) is 1. The molecule has 0 fully saturated rings. The number of hydrogen-bond acceptors (Lipinski definition) is 8. The van der Waals surface area contributed by atoms with Crippen LogP contribution in [-0.2, 0) is 18.3 Å². The minimum Gasteiger partial charge on any atom is -0.381 e. The highest BCUT2D eigenvalue weighted by molar-refractivity contribution is 6.03. The van der Waals surface area contributed by atoms with E-state index in [1.807, 2.05) is 38.4 Å². The SMILES string of the molecule is CCCNCC(C)COC/C=N\C(=N/CC)c1cccc(CNc2nc(-c3cnn(C)c3)cnc2N)c1. The number of nitrogens with two attached hydrogens (primary N) is 1. The van der Waals surface area contributed by atoms with Gasteiger partial charge in [0.15, 0.2) is 17.5 Å². The van der Waals surface area contributed by atoms with Gasteiger partial charge in [-0.2, -0.15) is 5.10 Å². The molecule has 1 unspecified atom stereocenters. The maximum Gasteiger partial charge on any atom is 0.169 e. The first kappa shape index (κ1) is 27.9. The smallest absolute Gasteiger partial charge is 0.169 e. The van der Waals surface area contributed by atoms with Crippen molar-refractivity contribution >= 4 is 23.7 Å². The molecule has 198 valence electrons. The van der Waals surface area contributed by atoms with Crippen LogP contribution in [0.3, 0.4) is 0 Å². The summed E-state index contributed by atoms with van der Waals surface area (Å²) in [4.78, 5) is 18.1. The molecule has 0 saturated heterocycles. The lowest BCUT2D eigenvalue weighted by Gasteiger charge is -2.11. The van der Waals surface area contributed by atoms with Crippen molar-refractivity contribution in [2.45, 2.75) is 33.7 Å². The van der Waals surface area contributed by atoms with Gasteiger partial charge < -0.3 is 21.1 Å². The third kappa shape index (κ3) is 9.07. The molecule has 0 amide bonds. The maximum absolute atomic E-state index is 6.07. The van der Waals surface area contributed by atoms with Crippen LogP contribution in [0.5, 0.6) is 0 Å². The first-order chi connectivity index (χ1) is 18.0. The summed E-state index contributed by atoms with van der Waals surface area (Å²) in [6, 6.07) is 8.11. The number of rotatable bonds is 14. The minimum absolute atomic E-state index is 0.345. The quantitative estimate of drug-likeness (QED) is 0.174. The van der Waals surface area contributed by atoms with Gasteiger partial charge in [0.05, 0.1) is 31.3 Å². The summed E-state index contributed by atoms with van der Waals surface area (Å²) < 4.78 is 7.50. The Morgan fingerprint density at radius 1 is 1.27 bits per heavy atom. The van der Waals surface area contributed by atoms with Gasteiger partial charge in [-0.05, 0) is 44.0 Å². The normalized spacial score (nSPS) is 12.8. The fraction of sp³-hybridized carbons (Fsp3) is 0.444. The lowest BCUT2D eigenvalue weighted by atomic mass is 10.1. The third-order valence-corrected chi connectivity index (χ3v) is 5.48. The molecule has 3 aromatic rings. The van der Waals surface area contributed by atoms with E-state index in [-0.39, 0.29) is 0 Å². The highest BCUT2D eigenvalue weighted by Gasteiger charge is 2.09. The van der Waals surface area contributed by atoms with Crippen molar-refractivity contribution in [3.8, 4) is 11.3 Å². The van der Waals surface area contributed by atoms with Gasteiger partial charge in [0.2, 0.25) is 0 Å². The first-order valence-electron chi connectivity index (χ1n) is 12.8. The van der Waals surface area contributed by atoms with Gasteiger partial charge in [-0.1, -0.05) is 32.0 Å². The molecular formula is C27H39N9O. The van der Waals surface area contributed by atoms with E-state index in [9.17, 15) is 0 Å². The van der Waals surface area contributed by atoms with E-state index >= 15 is 0 Å². The Hall–Kier alpha value is -3.63. The van der Waals surface area contributed by atoms with Crippen molar-refractivity contribution < 1.29 is 4.74 Å². The van der Waals surface area contributed by atoms with Crippen LogP contribution in [0.25, 0.3) is 11.3 Å². The Balaban J connectivity index is 1.59. The number of aryl methyl sites for hydroxylation is 1. The largest absolute Gasteiger partial charge is 0.381 e. The van der Waals surface area contributed by atoms with Crippen LogP contribution >= 0.6 is 0 Å². The molecule has 0 spiro atoms. The Labute approximate surface area is 219 Å². The van der Waals surface area contributed by atoms with E-state index in [0.717, 1.165) is 36.2 Å². The third-order valence-electron chi connectivity index (χ3n) is 5.48. The van der Waals surface area contributed by atoms with Gasteiger partial charge >= 0.3 is 0 Å². The number of nitrogen functional groups attached to an aromatic ring is 1. The zero-order valence-corrected chi connectivity index (χ0v) is 22.3. The monoisotopic (exact) mass is 505 g/mol. The summed E-state index contributed by atoms with van der Waals surface area (Å²) in [6.45, 7) is 10.7. The average molecular weight is 506 g/mol. The number of aliphatic imine (C=N–C) groups is 2. The number of nitrogens with zero attached hydrogens (tertiary/aromatic N) is 6. The van der Waals surface area contributed by atoms with Crippen LogP contribution in [0.1, 0.15) is 38.3 Å². The molecule has 2 heterocycles. The van der Waals surface area contributed by atoms with Gasteiger partial charge in [0.25, 0.3) is 0 Å². The fourth-order valence-electron chi connectivity index (χ4n) is 3.61. The zero-order valence-electron chi connectivity index (χ0n) is 22.3. The lowest BCUT2D eigenvalue weighted by molar-refractivity contribution is 0.138. The fourth-order valence-corrected chi connectivity index (χ4v) is 3.61. The molecule has 1 aromatic carbocycles. The van der Waals surface area contributed by atoms with Gasteiger partial charge in [-0.3, -0.25) is 9.67 Å². The Kier molecular flexibility index (Phi) is 11.2. The number of hydrogen-bond donors (Lipinski definition) is 3. The Bertz CT molecular complexity index is 1170. The van der Waals surface area contributed by atoms with Crippen LogP contribution in [0.15, 0.2) is 52.8 Å².